The number of halogens is 1. The number of amides is 2. The maximum atomic E-state index is 13.3. The van der Waals surface area contributed by atoms with E-state index in [0.717, 1.165) is 0 Å². The van der Waals surface area contributed by atoms with Gasteiger partial charge < -0.3 is 15.2 Å². The molecule has 11 heteroatoms. The number of hydrogen-bond acceptors (Lipinski definition) is 5. The minimum Gasteiger partial charge on any atom is -0.343 e. The molecule has 1 aliphatic heterocycles. The summed E-state index contributed by atoms with van der Waals surface area (Å²) in [5, 5.41) is 2.72. The molecule has 4 rings (SSSR count). The summed E-state index contributed by atoms with van der Waals surface area (Å²) in [6.45, 7) is 0.905. The van der Waals surface area contributed by atoms with E-state index in [2.05, 4.69) is 20.3 Å². The van der Waals surface area contributed by atoms with E-state index in [1.165, 1.54) is 29.8 Å². The van der Waals surface area contributed by atoms with Crippen LogP contribution in [0.2, 0.25) is 0 Å². The molecule has 3 aromatic rings. The average molecular weight is 442 g/mol. The SMILES string of the molecule is Cn1c(=O)[nH]c(=O)c2[nH]c(CCC(=O)N3CCC(C(=O)Nc4cccc(F)c4)CC3)nc21. The van der Waals surface area contributed by atoms with Crippen LogP contribution in [-0.4, -0.2) is 49.3 Å². The van der Waals surface area contributed by atoms with Gasteiger partial charge in [0.15, 0.2) is 5.65 Å². The Morgan fingerprint density at radius 1 is 1.22 bits per heavy atom. The van der Waals surface area contributed by atoms with Gasteiger partial charge >= 0.3 is 5.69 Å². The van der Waals surface area contributed by atoms with E-state index >= 15 is 0 Å². The number of aryl methyl sites for hydroxylation is 2. The topological polar surface area (TPSA) is 133 Å². The maximum Gasteiger partial charge on any atom is 0.329 e. The molecule has 10 nitrogen and oxygen atoms in total. The maximum absolute atomic E-state index is 13.3. The number of carbonyl (C=O) groups is 2. The summed E-state index contributed by atoms with van der Waals surface area (Å²) in [7, 11) is 1.50. The highest BCUT2D eigenvalue weighted by atomic mass is 19.1. The summed E-state index contributed by atoms with van der Waals surface area (Å²) in [4.78, 5) is 59.6. The number of anilines is 1. The summed E-state index contributed by atoms with van der Waals surface area (Å²) in [6.07, 6.45) is 1.52. The van der Waals surface area contributed by atoms with Crippen LogP contribution in [0.1, 0.15) is 25.1 Å². The Morgan fingerprint density at radius 3 is 2.69 bits per heavy atom. The normalized spacial score (nSPS) is 14.6. The van der Waals surface area contributed by atoms with Gasteiger partial charge in [0.05, 0.1) is 0 Å². The third-order valence-electron chi connectivity index (χ3n) is 5.69. The lowest BCUT2D eigenvalue weighted by Crippen LogP contribution is -2.41. The van der Waals surface area contributed by atoms with E-state index in [9.17, 15) is 23.6 Å². The molecule has 1 aromatic carbocycles. The highest BCUT2D eigenvalue weighted by Gasteiger charge is 2.27. The number of carbonyl (C=O) groups excluding carboxylic acids is 2. The Kier molecular flexibility index (Phi) is 5.89. The molecule has 0 unspecified atom stereocenters. The van der Waals surface area contributed by atoms with Crippen LogP contribution in [0.4, 0.5) is 10.1 Å². The summed E-state index contributed by atoms with van der Waals surface area (Å²) in [6, 6.07) is 5.73. The Bertz CT molecular complexity index is 1290. The van der Waals surface area contributed by atoms with Crippen LogP contribution in [0.3, 0.4) is 0 Å². The molecule has 3 heterocycles. The first-order valence-corrected chi connectivity index (χ1v) is 10.3. The van der Waals surface area contributed by atoms with Gasteiger partial charge in [-0.2, -0.15) is 0 Å². The number of likely N-dealkylation sites (tertiary alicyclic amines) is 1. The largest absolute Gasteiger partial charge is 0.343 e. The van der Waals surface area contributed by atoms with Crippen molar-refractivity contribution in [2.75, 3.05) is 18.4 Å². The molecule has 1 saturated heterocycles. The molecule has 32 heavy (non-hydrogen) atoms. The average Bonchev–Trinajstić information content (AvgIpc) is 3.21. The van der Waals surface area contributed by atoms with E-state index in [1.807, 2.05) is 0 Å². The van der Waals surface area contributed by atoms with E-state index in [-0.39, 0.29) is 35.3 Å². The number of hydrogen-bond donors (Lipinski definition) is 3. The van der Waals surface area contributed by atoms with Gasteiger partial charge in [0.25, 0.3) is 5.56 Å². The van der Waals surface area contributed by atoms with Crippen molar-refractivity contribution in [2.45, 2.75) is 25.7 Å². The Balaban J connectivity index is 1.30. The lowest BCUT2D eigenvalue weighted by atomic mass is 9.95. The van der Waals surface area contributed by atoms with Crippen LogP contribution in [0, 0.1) is 11.7 Å². The van der Waals surface area contributed by atoms with Crippen molar-refractivity contribution in [3.63, 3.8) is 0 Å². The first-order chi connectivity index (χ1) is 15.3. The number of imidazole rings is 1. The highest BCUT2D eigenvalue weighted by molar-refractivity contribution is 5.92. The molecular weight excluding hydrogens is 419 g/mol. The van der Waals surface area contributed by atoms with E-state index in [1.54, 1.807) is 11.0 Å². The van der Waals surface area contributed by atoms with Crippen LogP contribution in [0.5, 0.6) is 0 Å². The van der Waals surface area contributed by atoms with Gasteiger partial charge in [-0.05, 0) is 31.0 Å². The molecule has 0 aliphatic carbocycles. The zero-order valence-electron chi connectivity index (χ0n) is 17.5. The fourth-order valence-corrected chi connectivity index (χ4v) is 3.86. The monoisotopic (exact) mass is 442 g/mol. The van der Waals surface area contributed by atoms with Gasteiger partial charge in [-0.25, -0.2) is 14.2 Å². The number of aromatic nitrogens is 4. The van der Waals surface area contributed by atoms with E-state index in [4.69, 9.17) is 0 Å². The van der Waals surface area contributed by atoms with Crippen LogP contribution >= 0.6 is 0 Å². The molecule has 1 aliphatic rings. The van der Waals surface area contributed by atoms with Gasteiger partial charge in [-0.1, -0.05) is 6.07 Å². The number of benzene rings is 1. The third kappa shape index (κ3) is 4.46. The Morgan fingerprint density at radius 2 is 1.97 bits per heavy atom. The second-order valence-corrected chi connectivity index (χ2v) is 7.86. The van der Waals surface area contributed by atoms with Gasteiger partial charge in [0, 0.05) is 44.6 Å². The van der Waals surface area contributed by atoms with Gasteiger partial charge in [-0.15, -0.1) is 0 Å². The number of fused-ring (bicyclic) bond motifs is 1. The molecule has 0 atom stereocenters. The van der Waals surface area contributed by atoms with Gasteiger partial charge in [-0.3, -0.25) is 23.9 Å². The Labute approximate surface area is 181 Å². The number of nitrogens with zero attached hydrogens (tertiary/aromatic N) is 3. The quantitative estimate of drug-likeness (QED) is 0.540. The zero-order chi connectivity index (χ0) is 22.8. The summed E-state index contributed by atoms with van der Waals surface area (Å²) < 4.78 is 14.5. The van der Waals surface area contributed by atoms with Crippen molar-refractivity contribution in [2.24, 2.45) is 13.0 Å². The molecular formula is C21H23FN6O4. The first kappa shape index (κ1) is 21.5. The van der Waals surface area contributed by atoms with Crippen molar-refractivity contribution in [1.29, 1.82) is 0 Å². The number of aromatic amines is 2. The lowest BCUT2D eigenvalue weighted by molar-refractivity contribution is -0.134. The smallest absolute Gasteiger partial charge is 0.329 e. The van der Waals surface area contributed by atoms with Crippen molar-refractivity contribution >= 4 is 28.7 Å². The number of H-pyrrole nitrogens is 2. The van der Waals surface area contributed by atoms with Gasteiger partial charge in [0.2, 0.25) is 11.8 Å². The minimum absolute atomic E-state index is 0.0720. The van der Waals surface area contributed by atoms with E-state index < -0.39 is 17.1 Å². The molecule has 168 valence electrons. The predicted octanol–water partition coefficient (Wildman–Crippen LogP) is 0.899. The fraction of sp³-hybridized carbons (Fsp3) is 0.381. The lowest BCUT2D eigenvalue weighted by Gasteiger charge is -2.31. The molecule has 0 spiro atoms. The standard InChI is InChI=1S/C21H23FN6O4/c1-27-18-17(20(31)26-21(27)32)24-15(25-18)5-6-16(29)28-9-7-12(8-10-28)19(30)23-14-4-2-3-13(22)11-14/h2-4,11-12H,5-10H2,1H3,(H,23,30)(H,24,25)(H,26,31,32). The van der Waals surface area contributed by atoms with Crippen LogP contribution in [-0.2, 0) is 23.1 Å². The highest BCUT2D eigenvalue weighted by Crippen LogP contribution is 2.21. The molecule has 2 aromatic heterocycles. The molecule has 3 N–H and O–H groups in total. The van der Waals surface area contributed by atoms with Gasteiger partial charge in [0.1, 0.15) is 17.2 Å². The molecule has 0 bridgehead atoms. The second kappa shape index (κ2) is 8.77. The number of piperidine rings is 1. The number of rotatable bonds is 5. The van der Waals surface area contributed by atoms with Crippen LogP contribution < -0.4 is 16.6 Å². The summed E-state index contributed by atoms with van der Waals surface area (Å²) in [5.41, 5.74) is -0.255. The second-order valence-electron chi connectivity index (χ2n) is 7.86. The first-order valence-electron chi connectivity index (χ1n) is 10.3. The van der Waals surface area contributed by atoms with E-state index in [0.29, 0.717) is 43.9 Å². The summed E-state index contributed by atoms with van der Waals surface area (Å²) in [5.74, 6) is -0.465. The van der Waals surface area contributed by atoms with Crippen LogP contribution in [0.15, 0.2) is 33.9 Å². The summed E-state index contributed by atoms with van der Waals surface area (Å²) >= 11 is 0. The molecule has 1 fully saturated rings. The fourth-order valence-electron chi connectivity index (χ4n) is 3.86. The minimum atomic E-state index is -0.555. The van der Waals surface area contributed by atoms with Crippen molar-refractivity contribution in [3.8, 4) is 0 Å². The zero-order valence-corrected chi connectivity index (χ0v) is 17.5. The van der Waals surface area contributed by atoms with Crippen molar-refractivity contribution < 1.29 is 14.0 Å². The molecule has 0 radical (unpaired) electrons. The number of nitrogens with one attached hydrogen (secondary N) is 3. The van der Waals surface area contributed by atoms with Crippen LogP contribution in [0.25, 0.3) is 11.2 Å². The Hall–Kier alpha value is -3.76. The third-order valence-corrected chi connectivity index (χ3v) is 5.69. The molecule has 2 amide bonds. The molecule has 0 saturated carbocycles. The predicted molar refractivity (Wildman–Crippen MR) is 115 cm³/mol. The van der Waals surface area contributed by atoms with Crippen molar-refractivity contribution in [1.82, 2.24) is 24.4 Å². The van der Waals surface area contributed by atoms with Crippen molar-refractivity contribution in [3.05, 3.63) is 56.7 Å².